The van der Waals surface area contributed by atoms with Crippen LogP contribution in [0.3, 0.4) is 0 Å². The zero-order valence-electron chi connectivity index (χ0n) is 8.35. The van der Waals surface area contributed by atoms with Crippen LogP contribution in [0.4, 0.5) is 0 Å². The third kappa shape index (κ3) is 4.43. The average Bonchev–Trinajstić information content (AvgIpc) is 2.39. The Balaban J connectivity index is 2.20. The van der Waals surface area contributed by atoms with Crippen molar-refractivity contribution < 1.29 is 13.5 Å². The van der Waals surface area contributed by atoms with Crippen molar-refractivity contribution in [1.82, 2.24) is 5.32 Å². The highest BCUT2D eigenvalue weighted by Gasteiger charge is 2.35. The Hall–Kier alpha value is -0.220. The van der Waals surface area contributed by atoms with Crippen molar-refractivity contribution in [3.63, 3.8) is 0 Å². The number of sulfone groups is 1. The van der Waals surface area contributed by atoms with Crippen LogP contribution >= 0.6 is 11.8 Å². The molecule has 0 aromatic carbocycles. The number of aliphatic hydroxyl groups excluding tert-OH is 1. The van der Waals surface area contributed by atoms with Gasteiger partial charge in [0.2, 0.25) is 0 Å². The van der Waals surface area contributed by atoms with Crippen LogP contribution in [0.15, 0.2) is 0 Å². The Kier molecular flexibility index (Phi) is 4.93. The molecule has 1 aliphatic rings. The zero-order valence-corrected chi connectivity index (χ0v) is 9.98. The van der Waals surface area contributed by atoms with Crippen LogP contribution in [0.2, 0.25) is 0 Å². The lowest BCUT2D eigenvalue weighted by Gasteiger charge is -2.13. The predicted octanol–water partition coefficient (Wildman–Crippen LogP) is -0.900. The number of hydrogen-bond acceptors (Lipinski definition) is 5. The second kappa shape index (κ2) is 5.75. The highest BCUT2D eigenvalue weighted by molar-refractivity contribution is 7.99. The van der Waals surface area contributed by atoms with E-state index in [0.29, 0.717) is 12.3 Å². The smallest absolute Gasteiger partial charge is 0.154 e. The van der Waals surface area contributed by atoms with E-state index >= 15 is 0 Å². The SMILES string of the molecule is C#CCSCCNC1CS(=O)(=O)CC1O. The molecule has 1 heterocycles. The molecule has 4 nitrogen and oxygen atoms in total. The van der Waals surface area contributed by atoms with Crippen molar-refractivity contribution in [3.05, 3.63) is 0 Å². The summed E-state index contributed by atoms with van der Waals surface area (Å²) in [7, 11) is -3.04. The first-order chi connectivity index (χ1) is 7.05. The lowest BCUT2D eigenvalue weighted by atomic mass is 10.2. The molecule has 1 saturated heterocycles. The average molecular weight is 249 g/mol. The molecule has 0 amide bonds. The number of aliphatic hydroxyl groups is 1. The van der Waals surface area contributed by atoms with Crippen LogP contribution in [0.25, 0.3) is 0 Å². The fraction of sp³-hybridized carbons (Fsp3) is 0.778. The van der Waals surface area contributed by atoms with Crippen LogP contribution in [0, 0.1) is 12.3 Å². The molecule has 0 bridgehead atoms. The fourth-order valence-electron chi connectivity index (χ4n) is 1.47. The number of rotatable bonds is 5. The van der Waals surface area contributed by atoms with E-state index in [9.17, 15) is 13.5 Å². The Morgan fingerprint density at radius 3 is 2.80 bits per heavy atom. The monoisotopic (exact) mass is 249 g/mol. The molecule has 0 aromatic rings. The Bertz CT molecular complexity index is 334. The minimum Gasteiger partial charge on any atom is -0.390 e. The highest BCUT2D eigenvalue weighted by atomic mass is 32.2. The van der Waals surface area contributed by atoms with Gasteiger partial charge in [-0.3, -0.25) is 0 Å². The molecular formula is C9H15NO3S2. The third-order valence-electron chi connectivity index (χ3n) is 2.16. The van der Waals surface area contributed by atoms with Gasteiger partial charge in [0, 0.05) is 18.3 Å². The molecule has 6 heteroatoms. The fourth-order valence-corrected chi connectivity index (χ4v) is 3.77. The van der Waals surface area contributed by atoms with Crippen molar-refractivity contribution in [1.29, 1.82) is 0 Å². The molecule has 0 aliphatic carbocycles. The van der Waals surface area contributed by atoms with E-state index in [4.69, 9.17) is 6.42 Å². The summed E-state index contributed by atoms with van der Waals surface area (Å²) in [6, 6.07) is -0.318. The van der Waals surface area contributed by atoms with Gasteiger partial charge in [0.15, 0.2) is 9.84 Å². The minimum atomic E-state index is -3.04. The van der Waals surface area contributed by atoms with Crippen molar-refractivity contribution in [3.8, 4) is 12.3 Å². The van der Waals surface area contributed by atoms with Crippen LogP contribution in [0.1, 0.15) is 0 Å². The summed E-state index contributed by atoms with van der Waals surface area (Å²) in [4.78, 5) is 0. The maximum atomic E-state index is 11.2. The molecule has 0 saturated carbocycles. The van der Waals surface area contributed by atoms with Gasteiger partial charge in [-0.05, 0) is 0 Å². The first-order valence-corrected chi connectivity index (χ1v) is 7.66. The standard InChI is InChI=1S/C9H15NO3S2/c1-2-4-14-5-3-10-8-6-15(12,13)7-9(8)11/h1,8-11H,3-7H2. The van der Waals surface area contributed by atoms with Gasteiger partial charge in [-0.25, -0.2) is 8.42 Å². The number of thioether (sulfide) groups is 1. The molecule has 15 heavy (non-hydrogen) atoms. The first-order valence-electron chi connectivity index (χ1n) is 4.68. The van der Waals surface area contributed by atoms with Gasteiger partial charge in [0.25, 0.3) is 0 Å². The first kappa shape index (κ1) is 12.8. The van der Waals surface area contributed by atoms with Crippen LogP contribution in [-0.4, -0.2) is 55.2 Å². The molecule has 0 aromatic heterocycles. The quantitative estimate of drug-likeness (QED) is 0.488. The third-order valence-corrected chi connectivity index (χ3v) is 4.74. The normalized spacial score (nSPS) is 28.8. The van der Waals surface area contributed by atoms with Gasteiger partial charge in [-0.1, -0.05) is 5.92 Å². The zero-order chi connectivity index (χ0) is 11.3. The molecule has 0 spiro atoms. The minimum absolute atomic E-state index is 0.0357. The maximum Gasteiger partial charge on any atom is 0.154 e. The van der Waals surface area contributed by atoms with Gasteiger partial charge < -0.3 is 10.4 Å². The molecule has 1 rings (SSSR count). The van der Waals surface area contributed by atoms with Crippen molar-refractivity contribution in [2.45, 2.75) is 12.1 Å². The molecule has 0 radical (unpaired) electrons. The summed E-state index contributed by atoms with van der Waals surface area (Å²) in [5, 5.41) is 12.5. The van der Waals surface area contributed by atoms with Crippen molar-refractivity contribution in [2.24, 2.45) is 0 Å². The summed E-state index contributed by atoms with van der Waals surface area (Å²) in [5.74, 6) is 3.91. The number of hydrogen-bond donors (Lipinski definition) is 2. The predicted molar refractivity (Wildman–Crippen MR) is 62.6 cm³/mol. The largest absolute Gasteiger partial charge is 0.390 e. The lowest BCUT2D eigenvalue weighted by Crippen LogP contribution is -2.40. The van der Waals surface area contributed by atoms with E-state index in [1.807, 2.05) is 0 Å². The Labute approximate surface area is 94.7 Å². The summed E-state index contributed by atoms with van der Waals surface area (Å²) < 4.78 is 22.3. The second-order valence-electron chi connectivity index (χ2n) is 3.46. The summed E-state index contributed by atoms with van der Waals surface area (Å²) >= 11 is 1.61. The molecule has 1 aliphatic heterocycles. The maximum absolute atomic E-state index is 11.2. The number of nitrogens with one attached hydrogen (secondary N) is 1. The van der Waals surface area contributed by atoms with Gasteiger partial charge in [-0.15, -0.1) is 18.2 Å². The van der Waals surface area contributed by atoms with Crippen molar-refractivity contribution >= 4 is 21.6 Å². The molecule has 2 N–H and O–H groups in total. The summed E-state index contributed by atoms with van der Waals surface area (Å²) in [6.07, 6.45) is 4.31. The van der Waals surface area contributed by atoms with Gasteiger partial charge in [-0.2, -0.15) is 0 Å². The highest BCUT2D eigenvalue weighted by Crippen LogP contribution is 2.12. The second-order valence-corrected chi connectivity index (χ2v) is 6.72. The van der Waals surface area contributed by atoms with Crippen molar-refractivity contribution in [2.75, 3.05) is 29.6 Å². The Morgan fingerprint density at radius 2 is 2.27 bits per heavy atom. The Morgan fingerprint density at radius 1 is 1.53 bits per heavy atom. The molecule has 2 unspecified atom stereocenters. The summed E-state index contributed by atoms with van der Waals surface area (Å²) in [5.41, 5.74) is 0. The number of terminal acetylenes is 1. The van der Waals surface area contributed by atoms with E-state index in [0.717, 1.165) is 5.75 Å². The lowest BCUT2D eigenvalue weighted by molar-refractivity contribution is 0.167. The van der Waals surface area contributed by atoms with E-state index < -0.39 is 15.9 Å². The van der Waals surface area contributed by atoms with Gasteiger partial charge in [0.1, 0.15) is 0 Å². The molecule has 86 valence electrons. The van der Waals surface area contributed by atoms with Gasteiger partial charge >= 0.3 is 0 Å². The topological polar surface area (TPSA) is 66.4 Å². The molecule has 1 fully saturated rings. The van der Waals surface area contributed by atoms with Crippen LogP contribution < -0.4 is 5.32 Å². The van der Waals surface area contributed by atoms with E-state index in [1.54, 1.807) is 11.8 Å². The van der Waals surface area contributed by atoms with E-state index in [1.165, 1.54) is 0 Å². The molecule has 2 atom stereocenters. The van der Waals surface area contributed by atoms with Gasteiger partial charge in [0.05, 0.1) is 23.4 Å². The summed E-state index contributed by atoms with van der Waals surface area (Å²) in [6.45, 7) is 0.670. The van der Waals surface area contributed by atoms with E-state index in [2.05, 4.69) is 11.2 Å². The van der Waals surface area contributed by atoms with Crippen LogP contribution in [-0.2, 0) is 9.84 Å². The molecular weight excluding hydrogens is 234 g/mol. The van der Waals surface area contributed by atoms with E-state index in [-0.39, 0.29) is 17.5 Å². The van der Waals surface area contributed by atoms with Crippen LogP contribution in [0.5, 0.6) is 0 Å².